The zero-order valence-corrected chi connectivity index (χ0v) is 16.4. The fourth-order valence-corrected chi connectivity index (χ4v) is 3.74. The van der Waals surface area contributed by atoms with E-state index in [1.54, 1.807) is 24.3 Å². The molecular weight excluding hydrogens is 392 g/mol. The van der Waals surface area contributed by atoms with E-state index >= 15 is 0 Å². The second kappa shape index (κ2) is 7.50. The first-order valence-corrected chi connectivity index (χ1v) is 9.82. The van der Waals surface area contributed by atoms with E-state index in [2.05, 4.69) is 0 Å². The molecule has 31 heavy (non-hydrogen) atoms. The van der Waals surface area contributed by atoms with Gasteiger partial charge in [-0.05, 0) is 29.8 Å². The molecule has 0 atom stereocenters. The molecule has 0 aliphatic heterocycles. The highest BCUT2D eigenvalue weighted by Gasteiger charge is 2.25. The minimum absolute atomic E-state index is 0.000588. The van der Waals surface area contributed by atoms with Crippen molar-refractivity contribution in [3.8, 4) is 17.1 Å². The number of para-hydroxylation sites is 2. The highest BCUT2D eigenvalue weighted by atomic mass is 16.4. The summed E-state index contributed by atoms with van der Waals surface area (Å²) in [4.78, 5) is 26.3. The lowest BCUT2D eigenvalue weighted by molar-refractivity contribution is 0.455. The van der Waals surface area contributed by atoms with E-state index in [4.69, 9.17) is 4.42 Å². The first-order valence-electron chi connectivity index (χ1n) is 9.82. The summed E-state index contributed by atoms with van der Waals surface area (Å²) in [6.45, 7) is 0. The largest absolute Gasteiger partial charge is 0.506 e. The lowest BCUT2D eigenvalue weighted by Gasteiger charge is -2.11. The van der Waals surface area contributed by atoms with Crippen LogP contribution in [-0.2, 0) is 6.42 Å². The van der Waals surface area contributed by atoms with Gasteiger partial charge in [-0.2, -0.15) is 0 Å². The topological polar surface area (TPSA) is 77.4 Å². The molecule has 5 rings (SSSR count). The molecule has 0 unspecified atom stereocenters. The van der Waals surface area contributed by atoms with Crippen LogP contribution in [0.15, 0.2) is 105 Å². The van der Waals surface area contributed by atoms with Crippen LogP contribution in [0.3, 0.4) is 0 Å². The summed E-state index contributed by atoms with van der Waals surface area (Å²) < 4.78 is 8.55. The summed E-state index contributed by atoms with van der Waals surface area (Å²) >= 11 is 0. The highest BCUT2D eigenvalue weighted by molar-refractivity contribution is 5.83. The molecule has 6 heteroatoms. The Kier molecular flexibility index (Phi) is 4.52. The van der Waals surface area contributed by atoms with Crippen molar-refractivity contribution < 1.29 is 9.52 Å². The molecule has 0 saturated carbocycles. The van der Waals surface area contributed by atoms with E-state index in [0.29, 0.717) is 11.4 Å². The maximum atomic E-state index is 13.5. The predicted molar refractivity (Wildman–Crippen MR) is 118 cm³/mol. The highest BCUT2D eigenvalue weighted by Crippen LogP contribution is 2.28. The van der Waals surface area contributed by atoms with Gasteiger partial charge in [0.25, 0.3) is 5.56 Å². The number of hydrogen-bond donors (Lipinski definition) is 1. The van der Waals surface area contributed by atoms with Crippen LogP contribution in [0.5, 0.6) is 5.75 Å². The number of rotatable bonds is 4. The van der Waals surface area contributed by atoms with Crippen molar-refractivity contribution in [3.63, 3.8) is 0 Å². The maximum absolute atomic E-state index is 13.5. The van der Waals surface area contributed by atoms with Gasteiger partial charge >= 0.3 is 5.63 Å². The molecule has 0 bridgehead atoms. The number of fused-ring (bicyclic) bond motifs is 1. The minimum atomic E-state index is -0.677. The molecule has 0 fully saturated rings. The van der Waals surface area contributed by atoms with Crippen molar-refractivity contribution in [2.45, 2.75) is 6.42 Å². The lowest BCUT2D eigenvalue weighted by atomic mass is 10.1. The molecule has 0 saturated heterocycles. The second-order valence-corrected chi connectivity index (χ2v) is 7.16. The van der Waals surface area contributed by atoms with E-state index < -0.39 is 11.2 Å². The lowest BCUT2D eigenvalue weighted by Crippen LogP contribution is -2.20. The smallest absolute Gasteiger partial charge is 0.344 e. The van der Waals surface area contributed by atoms with Gasteiger partial charge in [0, 0.05) is 6.42 Å². The Bertz CT molecular complexity index is 1480. The average molecular weight is 410 g/mol. The molecule has 0 spiro atoms. The Hall–Kier alpha value is -4.32. The molecule has 0 aliphatic carbocycles. The molecular formula is C25H18N2O4. The number of aromatic nitrogens is 2. The van der Waals surface area contributed by atoms with Gasteiger partial charge in [-0.1, -0.05) is 66.7 Å². The van der Waals surface area contributed by atoms with Crippen LogP contribution in [0.25, 0.3) is 22.5 Å². The summed E-state index contributed by atoms with van der Waals surface area (Å²) in [6.07, 6.45) is 0.159. The van der Waals surface area contributed by atoms with Crippen molar-refractivity contribution in [2.75, 3.05) is 0 Å². The maximum Gasteiger partial charge on any atom is 0.344 e. The summed E-state index contributed by atoms with van der Waals surface area (Å²) in [5.41, 5.74) is 0.941. The Morgan fingerprint density at radius 2 is 1.23 bits per heavy atom. The number of nitrogens with zero attached hydrogens (tertiary/aromatic N) is 2. The Balaban J connectivity index is 1.85. The van der Waals surface area contributed by atoms with Crippen LogP contribution in [-0.4, -0.2) is 14.5 Å². The van der Waals surface area contributed by atoms with Crippen molar-refractivity contribution >= 4 is 11.1 Å². The zero-order valence-electron chi connectivity index (χ0n) is 16.4. The van der Waals surface area contributed by atoms with Crippen molar-refractivity contribution in [3.05, 3.63) is 123 Å². The molecule has 2 aromatic heterocycles. The average Bonchev–Trinajstić information content (AvgIpc) is 3.10. The van der Waals surface area contributed by atoms with Gasteiger partial charge in [-0.3, -0.25) is 4.79 Å². The fourth-order valence-electron chi connectivity index (χ4n) is 3.74. The molecule has 0 amide bonds. The van der Waals surface area contributed by atoms with Crippen LogP contribution in [0.2, 0.25) is 0 Å². The quantitative estimate of drug-likeness (QED) is 0.485. The molecule has 0 radical (unpaired) electrons. The Morgan fingerprint density at radius 1 is 0.710 bits per heavy atom. The van der Waals surface area contributed by atoms with Crippen molar-refractivity contribution in [2.24, 2.45) is 0 Å². The Labute approximate surface area is 176 Å². The fraction of sp³-hybridized carbons (Fsp3) is 0.0400. The zero-order chi connectivity index (χ0) is 21.4. The first kappa shape index (κ1) is 18.7. The van der Waals surface area contributed by atoms with Gasteiger partial charge in [0.05, 0.1) is 16.9 Å². The van der Waals surface area contributed by atoms with Crippen molar-refractivity contribution in [1.29, 1.82) is 0 Å². The van der Waals surface area contributed by atoms with Gasteiger partial charge in [-0.15, -0.1) is 0 Å². The molecule has 6 nitrogen and oxygen atoms in total. The van der Waals surface area contributed by atoms with E-state index in [9.17, 15) is 14.7 Å². The summed E-state index contributed by atoms with van der Waals surface area (Å²) in [7, 11) is 0. The molecule has 3 aromatic carbocycles. The van der Waals surface area contributed by atoms with Gasteiger partial charge in [0.15, 0.2) is 0 Å². The molecule has 5 aromatic rings. The van der Waals surface area contributed by atoms with Crippen molar-refractivity contribution in [1.82, 2.24) is 9.36 Å². The summed E-state index contributed by atoms with van der Waals surface area (Å²) in [6, 6.07) is 27.4. The second-order valence-electron chi connectivity index (χ2n) is 7.16. The van der Waals surface area contributed by atoms with Gasteiger partial charge < -0.3 is 9.52 Å². The van der Waals surface area contributed by atoms with E-state index in [-0.39, 0.29) is 28.8 Å². The van der Waals surface area contributed by atoms with Crippen LogP contribution in [0, 0.1) is 0 Å². The van der Waals surface area contributed by atoms with E-state index in [0.717, 1.165) is 5.56 Å². The predicted octanol–water partition coefficient (Wildman–Crippen LogP) is 4.03. The third-order valence-corrected chi connectivity index (χ3v) is 5.20. The third kappa shape index (κ3) is 3.14. The monoisotopic (exact) mass is 410 g/mol. The first-order chi connectivity index (χ1) is 15.1. The number of aromatic hydroxyl groups is 1. The molecule has 0 aliphatic rings. The van der Waals surface area contributed by atoms with E-state index in [1.165, 1.54) is 9.36 Å². The SMILES string of the molecule is O=c1oc2c(c(O)c1Cc1ccccc1)c(=O)n(-c1ccccc1)n2-c1ccccc1. The number of hydrogen-bond acceptors (Lipinski definition) is 4. The van der Waals surface area contributed by atoms with Crippen LogP contribution < -0.4 is 11.2 Å². The number of benzene rings is 3. The van der Waals surface area contributed by atoms with Gasteiger partial charge in [0.2, 0.25) is 5.71 Å². The van der Waals surface area contributed by atoms with Crippen LogP contribution in [0.1, 0.15) is 11.1 Å². The summed E-state index contributed by atoms with van der Waals surface area (Å²) in [5, 5.41) is 11.0. The standard InChI is InChI=1S/C25H18N2O4/c28-22-20(16-17-10-4-1-5-11-17)25(30)31-24-21(22)23(29)26(18-12-6-2-7-13-18)27(24)19-14-8-3-9-15-19/h1-15,28H,16H2. The third-order valence-electron chi connectivity index (χ3n) is 5.20. The molecule has 1 N–H and O–H groups in total. The Morgan fingerprint density at radius 3 is 1.81 bits per heavy atom. The molecule has 152 valence electrons. The molecule has 2 heterocycles. The van der Waals surface area contributed by atoms with Crippen LogP contribution >= 0.6 is 0 Å². The normalized spacial score (nSPS) is 11.1. The summed E-state index contributed by atoms with van der Waals surface area (Å²) in [5.74, 6) is -0.348. The van der Waals surface area contributed by atoms with E-state index in [1.807, 2.05) is 66.7 Å². The van der Waals surface area contributed by atoms with Crippen LogP contribution in [0.4, 0.5) is 0 Å². The van der Waals surface area contributed by atoms with Gasteiger partial charge in [-0.25, -0.2) is 14.2 Å². The van der Waals surface area contributed by atoms with Gasteiger partial charge in [0.1, 0.15) is 11.1 Å². The minimum Gasteiger partial charge on any atom is -0.506 e.